The molecule has 1 aromatic carbocycles. The van der Waals surface area contributed by atoms with Gasteiger partial charge >= 0.3 is 5.97 Å². The third-order valence-electron chi connectivity index (χ3n) is 6.19. The summed E-state index contributed by atoms with van der Waals surface area (Å²) in [5.41, 5.74) is 1.20. The third-order valence-corrected chi connectivity index (χ3v) is 6.19. The molecule has 0 radical (unpaired) electrons. The first-order chi connectivity index (χ1) is 13.0. The number of hydrogen-bond acceptors (Lipinski definition) is 3. The van der Waals surface area contributed by atoms with E-state index in [0.29, 0.717) is 26.1 Å². The molecule has 2 fully saturated rings. The van der Waals surface area contributed by atoms with E-state index in [-0.39, 0.29) is 29.8 Å². The van der Waals surface area contributed by atoms with Gasteiger partial charge in [-0.05, 0) is 43.1 Å². The van der Waals surface area contributed by atoms with Crippen LogP contribution in [-0.2, 0) is 20.7 Å². The number of carbonyl (C=O) groups excluding carboxylic acids is 1. The molecule has 0 bridgehead atoms. The number of hydrogen-bond donors (Lipinski definition) is 1. The molecular weight excluding hydrogens is 342 g/mol. The van der Waals surface area contributed by atoms with Crippen molar-refractivity contribution in [3.8, 4) is 0 Å². The van der Waals surface area contributed by atoms with Gasteiger partial charge in [0.1, 0.15) is 0 Å². The van der Waals surface area contributed by atoms with Crippen LogP contribution in [0.3, 0.4) is 0 Å². The first kappa shape index (κ1) is 19.9. The van der Waals surface area contributed by atoms with Crippen LogP contribution in [0.4, 0.5) is 0 Å². The molecule has 0 saturated carbocycles. The maximum Gasteiger partial charge on any atom is 0.309 e. The minimum Gasteiger partial charge on any atom is -0.481 e. The maximum atomic E-state index is 13.1. The van der Waals surface area contributed by atoms with E-state index in [1.54, 1.807) is 0 Å². The Labute approximate surface area is 161 Å². The van der Waals surface area contributed by atoms with Gasteiger partial charge in [0.2, 0.25) is 5.91 Å². The zero-order chi connectivity index (χ0) is 19.4. The van der Waals surface area contributed by atoms with Crippen LogP contribution in [0.15, 0.2) is 30.3 Å². The lowest BCUT2D eigenvalue weighted by atomic mass is 9.83. The predicted octanol–water partition coefficient (Wildman–Crippen LogP) is 3.23. The number of carboxylic acid groups (broad SMARTS) is 1. The average Bonchev–Trinajstić information content (AvgIpc) is 3.16. The van der Waals surface area contributed by atoms with Crippen LogP contribution in [0.25, 0.3) is 0 Å². The lowest BCUT2D eigenvalue weighted by Crippen LogP contribution is -2.46. The van der Waals surface area contributed by atoms with Gasteiger partial charge in [0.15, 0.2) is 0 Å². The molecule has 2 heterocycles. The fraction of sp³-hybridized carbons (Fsp3) is 0.636. The Bertz CT molecular complexity index is 637. The first-order valence-electron chi connectivity index (χ1n) is 10.1. The Hall–Kier alpha value is -1.88. The highest BCUT2D eigenvalue weighted by atomic mass is 16.5. The first-order valence-corrected chi connectivity index (χ1v) is 10.1. The van der Waals surface area contributed by atoms with Gasteiger partial charge in [-0.1, -0.05) is 44.2 Å². The van der Waals surface area contributed by atoms with Crippen molar-refractivity contribution in [1.82, 2.24) is 4.90 Å². The van der Waals surface area contributed by atoms with Gasteiger partial charge in [0.05, 0.1) is 12.0 Å². The minimum atomic E-state index is -0.751. The highest BCUT2D eigenvalue weighted by Gasteiger charge is 2.41. The summed E-state index contributed by atoms with van der Waals surface area (Å²) in [6, 6.07) is 10.2. The Morgan fingerprint density at radius 2 is 1.81 bits per heavy atom. The van der Waals surface area contributed by atoms with E-state index in [1.807, 2.05) is 23.1 Å². The Morgan fingerprint density at radius 3 is 2.41 bits per heavy atom. The van der Waals surface area contributed by atoms with Gasteiger partial charge in [0.25, 0.3) is 0 Å². The molecule has 5 nitrogen and oxygen atoms in total. The molecule has 27 heavy (non-hydrogen) atoms. The van der Waals surface area contributed by atoms with Crippen molar-refractivity contribution in [1.29, 1.82) is 0 Å². The number of ether oxygens (including phenoxy) is 1. The Kier molecular flexibility index (Phi) is 6.53. The molecule has 3 atom stereocenters. The molecule has 2 saturated heterocycles. The maximum absolute atomic E-state index is 13.1. The Morgan fingerprint density at radius 1 is 1.15 bits per heavy atom. The van der Waals surface area contributed by atoms with Crippen molar-refractivity contribution < 1.29 is 19.4 Å². The van der Waals surface area contributed by atoms with Crippen molar-refractivity contribution in [3.05, 3.63) is 35.9 Å². The van der Waals surface area contributed by atoms with Gasteiger partial charge in [-0.3, -0.25) is 9.59 Å². The molecule has 1 amide bonds. The lowest BCUT2D eigenvalue weighted by Gasteiger charge is -2.37. The van der Waals surface area contributed by atoms with E-state index in [4.69, 9.17) is 4.74 Å². The van der Waals surface area contributed by atoms with Crippen LogP contribution in [-0.4, -0.2) is 47.7 Å². The zero-order valence-corrected chi connectivity index (χ0v) is 16.3. The standard InChI is InChI=1S/C22H31NO4/c1-15(2)19(14-16-6-4-3-5-7-16)21(24)23-11-8-17(9-12-23)20-18(22(25)26)10-13-27-20/h3-7,15,17-20H,8-14H2,1-2H3,(H,25,26)/t18?,19?,20-/m0/s1. The van der Waals surface area contributed by atoms with Gasteiger partial charge in [0, 0.05) is 25.6 Å². The van der Waals surface area contributed by atoms with E-state index in [0.717, 1.165) is 19.3 Å². The summed E-state index contributed by atoms with van der Waals surface area (Å²) in [7, 11) is 0. The molecule has 0 spiro atoms. The number of nitrogens with zero attached hydrogens (tertiary/aromatic N) is 1. The number of rotatable bonds is 6. The van der Waals surface area contributed by atoms with Crippen molar-refractivity contribution in [2.24, 2.45) is 23.7 Å². The predicted molar refractivity (Wildman–Crippen MR) is 103 cm³/mol. The normalized spacial score (nSPS) is 24.9. The van der Waals surface area contributed by atoms with Gasteiger partial charge < -0.3 is 14.7 Å². The van der Waals surface area contributed by atoms with E-state index in [9.17, 15) is 14.7 Å². The molecule has 0 aliphatic carbocycles. The molecule has 2 aliphatic heterocycles. The third kappa shape index (κ3) is 4.70. The second-order valence-electron chi connectivity index (χ2n) is 8.27. The molecule has 5 heteroatoms. The van der Waals surface area contributed by atoms with Crippen LogP contribution in [0.1, 0.15) is 38.7 Å². The molecule has 0 aromatic heterocycles. The molecule has 1 N–H and O–H groups in total. The van der Waals surface area contributed by atoms with Crippen LogP contribution in [0.2, 0.25) is 0 Å². The molecule has 2 aliphatic rings. The summed E-state index contributed by atoms with van der Waals surface area (Å²) in [5.74, 6) is -0.403. The summed E-state index contributed by atoms with van der Waals surface area (Å²) >= 11 is 0. The van der Waals surface area contributed by atoms with Crippen LogP contribution in [0, 0.1) is 23.7 Å². The van der Waals surface area contributed by atoms with E-state index < -0.39 is 11.9 Å². The summed E-state index contributed by atoms with van der Waals surface area (Å²) in [6.45, 7) is 6.17. The fourth-order valence-electron chi connectivity index (χ4n) is 4.50. The summed E-state index contributed by atoms with van der Waals surface area (Å²) < 4.78 is 5.74. The van der Waals surface area contributed by atoms with Crippen molar-refractivity contribution in [3.63, 3.8) is 0 Å². The van der Waals surface area contributed by atoms with Crippen molar-refractivity contribution >= 4 is 11.9 Å². The monoisotopic (exact) mass is 373 g/mol. The SMILES string of the molecule is CC(C)C(Cc1ccccc1)C(=O)N1CCC([C@@H]2OCCC2C(=O)O)CC1. The summed E-state index contributed by atoms with van der Waals surface area (Å²) in [5, 5.41) is 9.38. The molecular formula is C22H31NO4. The summed E-state index contributed by atoms with van der Waals surface area (Å²) in [4.78, 5) is 26.5. The topological polar surface area (TPSA) is 66.8 Å². The highest BCUT2D eigenvalue weighted by Crippen LogP contribution is 2.34. The number of benzene rings is 1. The van der Waals surface area contributed by atoms with Gasteiger partial charge in [-0.25, -0.2) is 0 Å². The largest absolute Gasteiger partial charge is 0.481 e. The van der Waals surface area contributed by atoms with Gasteiger partial charge in [-0.2, -0.15) is 0 Å². The number of likely N-dealkylation sites (tertiary alicyclic amines) is 1. The molecule has 2 unspecified atom stereocenters. The number of aliphatic carboxylic acids is 1. The van der Waals surface area contributed by atoms with Crippen molar-refractivity contribution in [2.45, 2.75) is 45.6 Å². The van der Waals surface area contributed by atoms with Crippen molar-refractivity contribution in [2.75, 3.05) is 19.7 Å². The number of amides is 1. The lowest BCUT2D eigenvalue weighted by molar-refractivity contribution is -0.146. The number of piperidine rings is 1. The van der Waals surface area contributed by atoms with Crippen LogP contribution in [0.5, 0.6) is 0 Å². The van der Waals surface area contributed by atoms with Gasteiger partial charge in [-0.15, -0.1) is 0 Å². The zero-order valence-electron chi connectivity index (χ0n) is 16.3. The average molecular weight is 373 g/mol. The molecule has 1 aromatic rings. The second kappa shape index (κ2) is 8.87. The highest BCUT2D eigenvalue weighted by molar-refractivity contribution is 5.79. The summed E-state index contributed by atoms with van der Waals surface area (Å²) in [6.07, 6.45) is 2.84. The fourth-order valence-corrected chi connectivity index (χ4v) is 4.50. The second-order valence-corrected chi connectivity index (χ2v) is 8.27. The number of carboxylic acids is 1. The van der Waals surface area contributed by atoms with E-state index in [1.165, 1.54) is 5.56 Å². The molecule has 148 valence electrons. The van der Waals surface area contributed by atoms with E-state index >= 15 is 0 Å². The quantitative estimate of drug-likeness (QED) is 0.831. The Balaban J connectivity index is 1.59. The van der Waals surface area contributed by atoms with Crippen LogP contribution >= 0.6 is 0 Å². The number of carbonyl (C=O) groups is 2. The smallest absolute Gasteiger partial charge is 0.309 e. The van der Waals surface area contributed by atoms with Crippen LogP contribution < -0.4 is 0 Å². The minimum absolute atomic E-state index is 0.0153. The van der Waals surface area contributed by atoms with E-state index in [2.05, 4.69) is 26.0 Å². The molecule has 3 rings (SSSR count).